The largest absolute Gasteiger partial charge is 0.481 e. The predicted molar refractivity (Wildman–Crippen MR) is 60.4 cm³/mol. The van der Waals surface area contributed by atoms with Crippen LogP contribution in [0.4, 0.5) is 0 Å². The quantitative estimate of drug-likeness (QED) is 0.858. The van der Waals surface area contributed by atoms with Crippen LogP contribution in [0.5, 0.6) is 0 Å². The standard InChI is InChI=1S/C11H18N4O2/c1-8(11(16)17)10-12-13-14-15(10)7-9-5-3-2-4-6-9/h8-9H,2-7H2,1H3,(H,16,17). The molecule has 0 spiro atoms. The third-order valence-electron chi connectivity index (χ3n) is 3.47. The van der Waals surface area contributed by atoms with Crippen LogP contribution in [0.1, 0.15) is 50.8 Å². The second-order valence-corrected chi connectivity index (χ2v) is 4.78. The van der Waals surface area contributed by atoms with Crippen molar-refractivity contribution in [1.29, 1.82) is 0 Å². The van der Waals surface area contributed by atoms with Gasteiger partial charge in [-0.15, -0.1) is 5.10 Å². The van der Waals surface area contributed by atoms with E-state index in [-0.39, 0.29) is 0 Å². The number of hydrogen-bond donors (Lipinski definition) is 1. The first-order valence-corrected chi connectivity index (χ1v) is 6.17. The van der Waals surface area contributed by atoms with Crippen LogP contribution in [0, 0.1) is 5.92 Å². The lowest BCUT2D eigenvalue weighted by atomic mass is 9.89. The molecule has 1 saturated carbocycles. The summed E-state index contributed by atoms with van der Waals surface area (Å²) in [7, 11) is 0. The fraction of sp³-hybridized carbons (Fsp3) is 0.818. The Balaban J connectivity index is 2.05. The first-order chi connectivity index (χ1) is 8.18. The first-order valence-electron chi connectivity index (χ1n) is 6.17. The summed E-state index contributed by atoms with van der Waals surface area (Å²) in [4.78, 5) is 10.9. The van der Waals surface area contributed by atoms with Gasteiger partial charge in [-0.05, 0) is 36.1 Å². The summed E-state index contributed by atoms with van der Waals surface area (Å²) in [5, 5.41) is 20.3. The number of aromatic nitrogens is 4. The van der Waals surface area contributed by atoms with Crippen LogP contribution in [0.3, 0.4) is 0 Å². The van der Waals surface area contributed by atoms with Crippen molar-refractivity contribution in [2.24, 2.45) is 5.92 Å². The Morgan fingerprint density at radius 1 is 1.47 bits per heavy atom. The van der Waals surface area contributed by atoms with Crippen molar-refractivity contribution >= 4 is 5.97 Å². The third-order valence-corrected chi connectivity index (χ3v) is 3.47. The smallest absolute Gasteiger partial charge is 0.314 e. The van der Waals surface area contributed by atoms with E-state index in [0.717, 1.165) is 6.54 Å². The minimum Gasteiger partial charge on any atom is -0.481 e. The minimum absolute atomic E-state index is 0.461. The molecule has 1 aromatic heterocycles. The number of aliphatic carboxylic acids is 1. The predicted octanol–water partition coefficient (Wildman–Crippen LogP) is 1.44. The SMILES string of the molecule is CC(C(=O)O)c1nnnn1CC1CCCCC1. The zero-order chi connectivity index (χ0) is 12.3. The maximum atomic E-state index is 10.9. The minimum atomic E-state index is -0.885. The van der Waals surface area contributed by atoms with E-state index in [9.17, 15) is 4.79 Å². The first kappa shape index (κ1) is 12.0. The van der Waals surface area contributed by atoms with Crippen molar-refractivity contribution < 1.29 is 9.90 Å². The molecule has 0 radical (unpaired) electrons. The van der Waals surface area contributed by atoms with E-state index in [1.165, 1.54) is 32.1 Å². The molecule has 1 N–H and O–H groups in total. The number of carbonyl (C=O) groups is 1. The zero-order valence-electron chi connectivity index (χ0n) is 10.0. The van der Waals surface area contributed by atoms with Crippen LogP contribution in [0.25, 0.3) is 0 Å². The highest BCUT2D eigenvalue weighted by Crippen LogP contribution is 2.25. The van der Waals surface area contributed by atoms with Crippen molar-refractivity contribution in [2.45, 2.75) is 51.5 Å². The molecule has 0 amide bonds. The number of nitrogens with zero attached hydrogens (tertiary/aromatic N) is 4. The Hall–Kier alpha value is -1.46. The lowest BCUT2D eigenvalue weighted by Gasteiger charge is -2.21. The lowest BCUT2D eigenvalue weighted by Crippen LogP contribution is -2.20. The molecule has 1 unspecified atom stereocenters. The van der Waals surface area contributed by atoms with Crippen LogP contribution < -0.4 is 0 Å². The van der Waals surface area contributed by atoms with Gasteiger partial charge in [0.15, 0.2) is 5.82 Å². The summed E-state index contributed by atoms with van der Waals surface area (Å²) in [6.07, 6.45) is 6.22. The van der Waals surface area contributed by atoms with Gasteiger partial charge in [0.05, 0.1) is 0 Å². The normalized spacial score (nSPS) is 19.1. The highest BCUT2D eigenvalue weighted by molar-refractivity contribution is 5.74. The summed E-state index contributed by atoms with van der Waals surface area (Å²) >= 11 is 0. The van der Waals surface area contributed by atoms with Crippen LogP contribution in [0.15, 0.2) is 0 Å². The lowest BCUT2D eigenvalue weighted by molar-refractivity contribution is -0.138. The summed E-state index contributed by atoms with van der Waals surface area (Å²) in [5.41, 5.74) is 0. The van der Waals surface area contributed by atoms with Crippen LogP contribution in [-0.2, 0) is 11.3 Å². The second-order valence-electron chi connectivity index (χ2n) is 4.78. The molecular formula is C11H18N4O2. The van der Waals surface area contributed by atoms with E-state index >= 15 is 0 Å². The summed E-state index contributed by atoms with van der Waals surface area (Å²) in [6, 6.07) is 0. The molecule has 6 heteroatoms. The van der Waals surface area contributed by atoms with Crippen molar-refractivity contribution in [3.63, 3.8) is 0 Å². The summed E-state index contributed by atoms with van der Waals surface area (Å²) in [5.74, 6) is -0.478. The van der Waals surface area contributed by atoms with Crippen LogP contribution in [-0.4, -0.2) is 31.3 Å². The molecule has 1 aromatic rings. The Kier molecular flexibility index (Phi) is 3.71. The molecule has 1 aliphatic carbocycles. The molecule has 0 aromatic carbocycles. The van der Waals surface area contributed by atoms with Gasteiger partial charge in [-0.25, -0.2) is 4.68 Å². The van der Waals surface area contributed by atoms with Gasteiger partial charge in [-0.3, -0.25) is 4.79 Å². The maximum absolute atomic E-state index is 10.9. The van der Waals surface area contributed by atoms with Crippen molar-refractivity contribution in [1.82, 2.24) is 20.2 Å². The Labute approximate surface area is 100 Å². The number of carboxylic acid groups (broad SMARTS) is 1. The number of hydrogen-bond acceptors (Lipinski definition) is 4. The van der Waals surface area contributed by atoms with Gasteiger partial charge in [-0.1, -0.05) is 19.3 Å². The molecule has 2 rings (SSSR count). The van der Waals surface area contributed by atoms with Gasteiger partial charge in [0.1, 0.15) is 5.92 Å². The van der Waals surface area contributed by atoms with Gasteiger partial charge in [0, 0.05) is 6.54 Å². The van der Waals surface area contributed by atoms with E-state index in [1.54, 1.807) is 11.6 Å². The van der Waals surface area contributed by atoms with Gasteiger partial charge in [0.25, 0.3) is 0 Å². The molecule has 0 saturated heterocycles. The van der Waals surface area contributed by atoms with Gasteiger partial charge >= 0.3 is 5.97 Å². The molecule has 1 aliphatic rings. The topological polar surface area (TPSA) is 80.9 Å². The fourth-order valence-electron chi connectivity index (χ4n) is 2.38. The third kappa shape index (κ3) is 2.81. The Morgan fingerprint density at radius 2 is 2.18 bits per heavy atom. The van der Waals surface area contributed by atoms with E-state index in [2.05, 4.69) is 15.5 Å². The molecule has 1 fully saturated rings. The van der Waals surface area contributed by atoms with Gasteiger partial charge < -0.3 is 5.11 Å². The van der Waals surface area contributed by atoms with E-state index in [4.69, 9.17) is 5.11 Å². The Morgan fingerprint density at radius 3 is 2.82 bits per heavy atom. The highest BCUT2D eigenvalue weighted by Gasteiger charge is 2.23. The molecule has 0 aliphatic heterocycles. The van der Waals surface area contributed by atoms with Crippen LogP contribution >= 0.6 is 0 Å². The van der Waals surface area contributed by atoms with Crippen molar-refractivity contribution in [3.05, 3.63) is 5.82 Å². The molecule has 0 bridgehead atoms. The average Bonchev–Trinajstić information content (AvgIpc) is 2.77. The average molecular weight is 238 g/mol. The second kappa shape index (κ2) is 5.25. The zero-order valence-corrected chi connectivity index (χ0v) is 10.0. The summed E-state index contributed by atoms with van der Waals surface area (Å²) < 4.78 is 1.66. The maximum Gasteiger partial charge on any atom is 0.314 e. The molecule has 1 heterocycles. The number of rotatable bonds is 4. The van der Waals surface area contributed by atoms with Crippen molar-refractivity contribution in [2.75, 3.05) is 0 Å². The Bertz CT molecular complexity index is 385. The van der Waals surface area contributed by atoms with E-state index in [0.29, 0.717) is 11.7 Å². The van der Waals surface area contributed by atoms with Gasteiger partial charge in [-0.2, -0.15) is 0 Å². The fourth-order valence-corrected chi connectivity index (χ4v) is 2.38. The van der Waals surface area contributed by atoms with E-state index in [1.807, 2.05) is 0 Å². The highest BCUT2D eigenvalue weighted by atomic mass is 16.4. The number of tetrazole rings is 1. The molecule has 1 atom stereocenters. The van der Waals surface area contributed by atoms with Crippen LogP contribution in [0.2, 0.25) is 0 Å². The summed E-state index contributed by atoms with van der Waals surface area (Å²) in [6.45, 7) is 2.37. The molecular weight excluding hydrogens is 220 g/mol. The molecule has 17 heavy (non-hydrogen) atoms. The molecule has 6 nitrogen and oxygen atoms in total. The van der Waals surface area contributed by atoms with E-state index < -0.39 is 11.9 Å². The van der Waals surface area contributed by atoms with Crippen molar-refractivity contribution in [3.8, 4) is 0 Å². The number of carboxylic acids is 1. The molecule has 94 valence electrons. The monoisotopic (exact) mass is 238 g/mol. The van der Waals surface area contributed by atoms with Gasteiger partial charge in [0.2, 0.25) is 0 Å².